The highest BCUT2D eigenvalue weighted by Gasteiger charge is 2.31. The summed E-state index contributed by atoms with van der Waals surface area (Å²) in [7, 11) is 0. The number of hydrogen-bond acceptors (Lipinski definition) is 6. The molecule has 2 aromatic rings. The highest BCUT2D eigenvalue weighted by molar-refractivity contribution is 5.98. The number of rotatable bonds is 9. The number of halogens is 3. The number of amides is 1. The van der Waals surface area contributed by atoms with E-state index in [9.17, 15) is 27.6 Å². The number of alkyl halides is 3. The molecule has 0 aliphatic carbocycles. The molecule has 2 N–H and O–H groups in total. The fourth-order valence-electron chi connectivity index (χ4n) is 4.34. The van der Waals surface area contributed by atoms with Gasteiger partial charge in [-0.2, -0.15) is 0 Å². The molecule has 0 saturated carbocycles. The standard InChI is InChI=1S/C23H25F3N2O3.C4H4O4/c24-23(25,26)31-20-7-5-19(6-8-20)30-14-13-27-11-9-17(10-12-27)15-28-16-18-3-1-2-4-21(18)22(28)29;5-3(6)1-2-4(7)8/h1-8,17H,9-16H2;1-2H,(H,5,6)(H,7,8)/b;2-1+. The Kier molecular flexibility index (Phi) is 10.3. The van der Waals surface area contributed by atoms with Crippen molar-refractivity contribution in [3.63, 3.8) is 0 Å². The second-order valence-corrected chi connectivity index (χ2v) is 9.01. The topological polar surface area (TPSA) is 117 Å². The average Bonchev–Trinajstić information content (AvgIpc) is 3.19. The molecule has 2 aromatic carbocycles. The van der Waals surface area contributed by atoms with Crippen LogP contribution in [-0.2, 0) is 16.1 Å². The van der Waals surface area contributed by atoms with Crippen LogP contribution in [0.1, 0.15) is 28.8 Å². The summed E-state index contributed by atoms with van der Waals surface area (Å²) < 4.78 is 46.1. The Bertz CT molecular complexity index is 1140. The molecule has 0 unspecified atom stereocenters. The summed E-state index contributed by atoms with van der Waals surface area (Å²) in [6.45, 7) is 4.61. The molecular formula is C27H29F3N2O7. The summed E-state index contributed by atoms with van der Waals surface area (Å²) >= 11 is 0. The predicted octanol–water partition coefficient (Wildman–Crippen LogP) is 4.04. The molecule has 0 atom stereocenters. The fraction of sp³-hybridized carbons (Fsp3) is 0.370. The first-order chi connectivity index (χ1) is 18.5. The van der Waals surface area contributed by atoms with Crippen molar-refractivity contribution < 1.29 is 47.2 Å². The average molecular weight is 551 g/mol. The lowest BCUT2D eigenvalue weighted by Gasteiger charge is -2.33. The molecule has 0 radical (unpaired) electrons. The predicted molar refractivity (Wildman–Crippen MR) is 133 cm³/mol. The maximum Gasteiger partial charge on any atom is 0.573 e. The van der Waals surface area contributed by atoms with Crippen molar-refractivity contribution in [2.75, 3.05) is 32.8 Å². The number of benzene rings is 2. The highest BCUT2D eigenvalue weighted by Crippen LogP contribution is 2.27. The third kappa shape index (κ3) is 9.97. The second kappa shape index (κ2) is 13.7. The molecule has 210 valence electrons. The Hall–Kier alpha value is -4.06. The Labute approximate surface area is 223 Å². The molecule has 1 fully saturated rings. The molecular weight excluding hydrogens is 521 g/mol. The summed E-state index contributed by atoms with van der Waals surface area (Å²) in [5.41, 5.74) is 1.94. The summed E-state index contributed by atoms with van der Waals surface area (Å²) in [4.78, 5) is 35.9. The van der Waals surface area contributed by atoms with Gasteiger partial charge in [0.05, 0.1) is 0 Å². The maximum absolute atomic E-state index is 12.5. The minimum atomic E-state index is -4.69. The van der Waals surface area contributed by atoms with Gasteiger partial charge in [-0.25, -0.2) is 9.59 Å². The van der Waals surface area contributed by atoms with Crippen LogP contribution in [0, 0.1) is 5.92 Å². The Morgan fingerprint density at radius 1 is 0.949 bits per heavy atom. The molecule has 4 rings (SSSR count). The number of piperidine rings is 1. The van der Waals surface area contributed by atoms with E-state index >= 15 is 0 Å². The monoisotopic (exact) mass is 550 g/mol. The van der Waals surface area contributed by atoms with E-state index in [2.05, 4.69) is 9.64 Å². The minimum absolute atomic E-state index is 0.137. The van der Waals surface area contributed by atoms with Crippen molar-refractivity contribution in [1.82, 2.24) is 9.80 Å². The number of carbonyl (C=O) groups excluding carboxylic acids is 1. The van der Waals surface area contributed by atoms with Gasteiger partial charge in [-0.3, -0.25) is 9.69 Å². The quantitative estimate of drug-likeness (QED) is 0.450. The van der Waals surface area contributed by atoms with Gasteiger partial charge < -0.3 is 24.6 Å². The number of ether oxygens (including phenoxy) is 2. The second-order valence-electron chi connectivity index (χ2n) is 9.01. The van der Waals surface area contributed by atoms with Gasteiger partial charge in [-0.15, -0.1) is 13.2 Å². The number of hydrogen-bond donors (Lipinski definition) is 2. The number of carbonyl (C=O) groups is 3. The van der Waals surface area contributed by atoms with Crippen LogP contribution in [0.4, 0.5) is 13.2 Å². The lowest BCUT2D eigenvalue weighted by atomic mass is 9.96. The zero-order chi connectivity index (χ0) is 28.4. The van der Waals surface area contributed by atoms with Crippen LogP contribution >= 0.6 is 0 Å². The molecule has 2 aliphatic heterocycles. The van der Waals surface area contributed by atoms with Crippen LogP contribution in [0.5, 0.6) is 11.5 Å². The first kappa shape index (κ1) is 29.5. The van der Waals surface area contributed by atoms with Crippen LogP contribution in [-0.4, -0.2) is 77.0 Å². The molecule has 0 spiro atoms. The fourth-order valence-corrected chi connectivity index (χ4v) is 4.34. The van der Waals surface area contributed by atoms with Crippen LogP contribution in [0.15, 0.2) is 60.7 Å². The van der Waals surface area contributed by atoms with Gasteiger partial charge in [-0.05, 0) is 67.7 Å². The molecule has 9 nitrogen and oxygen atoms in total. The lowest BCUT2D eigenvalue weighted by molar-refractivity contribution is -0.274. The largest absolute Gasteiger partial charge is 0.573 e. The SMILES string of the molecule is O=C(O)/C=C/C(=O)O.O=C1c2ccccc2CN1CC1CCN(CCOc2ccc(OC(F)(F)F)cc2)CC1. The van der Waals surface area contributed by atoms with E-state index in [-0.39, 0.29) is 11.7 Å². The van der Waals surface area contributed by atoms with Crippen molar-refractivity contribution in [1.29, 1.82) is 0 Å². The molecule has 0 aromatic heterocycles. The van der Waals surface area contributed by atoms with Gasteiger partial charge >= 0.3 is 18.3 Å². The molecule has 2 aliphatic rings. The number of likely N-dealkylation sites (tertiary alicyclic amines) is 1. The number of fused-ring (bicyclic) bond motifs is 1. The van der Waals surface area contributed by atoms with Crippen molar-refractivity contribution in [3.8, 4) is 11.5 Å². The number of carboxylic acids is 2. The van der Waals surface area contributed by atoms with Gasteiger partial charge in [0.2, 0.25) is 0 Å². The zero-order valence-corrected chi connectivity index (χ0v) is 21.0. The van der Waals surface area contributed by atoms with E-state index in [0.29, 0.717) is 37.0 Å². The van der Waals surface area contributed by atoms with E-state index < -0.39 is 18.3 Å². The van der Waals surface area contributed by atoms with Crippen LogP contribution in [0.2, 0.25) is 0 Å². The van der Waals surface area contributed by atoms with Crippen molar-refractivity contribution in [2.45, 2.75) is 25.7 Å². The minimum Gasteiger partial charge on any atom is -0.492 e. The normalized spacial score (nSPS) is 16.0. The molecule has 0 bridgehead atoms. The van der Waals surface area contributed by atoms with E-state index in [1.165, 1.54) is 24.3 Å². The van der Waals surface area contributed by atoms with Gasteiger partial charge in [0.1, 0.15) is 18.1 Å². The van der Waals surface area contributed by atoms with Crippen LogP contribution in [0.3, 0.4) is 0 Å². The number of nitrogens with zero attached hydrogens (tertiary/aromatic N) is 2. The van der Waals surface area contributed by atoms with E-state index in [4.69, 9.17) is 14.9 Å². The highest BCUT2D eigenvalue weighted by atomic mass is 19.4. The van der Waals surface area contributed by atoms with Crippen molar-refractivity contribution >= 4 is 17.8 Å². The summed E-state index contributed by atoms with van der Waals surface area (Å²) in [6, 6.07) is 13.2. The van der Waals surface area contributed by atoms with Crippen molar-refractivity contribution in [2.24, 2.45) is 5.92 Å². The van der Waals surface area contributed by atoms with E-state index in [1.54, 1.807) is 0 Å². The molecule has 39 heavy (non-hydrogen) atoms. The lowest BCUT2D eigenvalue weighted by Crippen LogP contribution is -2.40. The van der Waals surface area contributed by atoms with Crippen LogP contribution in [0.25, 0.3) is 0 Å². The van der Waals surface area contributed by atoms with Gasteiger partial charge in [-0.1, -0.05) is 18.2 Å². The summed E-state index contributed by atoms with van der Waals surface area (Å²) in [5, 5.41) is 15.6. The van der Waals surface area contributed by atoms with Crippen molar-refractivity contribution in [3.05, 3.63) is 71.8 Å². The molecule has 12 heteroatoms. The van der Waals surface area contributed by atoms with Gasteiger partial charge in [0.25, 0.3) is 5.91 Å². The molecule has 1 amide bonds. The number of aliphatic carboxylic acids is 2. The van der Waals surface area contributed by atoms with E-state index in [0.717, 1.165) is 50.1 Å². The van der Waals surface area contributed by atoms with Gasteiger partial charge in [0.15, 0.2) is 0 Å². The van der Waals surface area contributed by atoms with Crippen LogP contribution < -0.4 is 9.47 Å². The first-order valence-corrected chi connectivity index (χ1v) is 12.2. The third-order valence-corrected chi connectivity index (χ3v) is 6.18. The molecule has 1 saturated heterocycles. The summed E-state index contributed by atoms with van der Waals surface area (Å²) in [5.74, 6) is -1.63. The third-order valence-electron chi connectivity index (χ3n) is 6.18. The maximum atomic E-state index is 12.5. The van der Waals surface area contributed by atoms with E-state index in [1.807, 2.05) is 29.2 Å². The van der Waals surface area contributed by atoms with Gasteiger partial charge in [0, 0.05) is 37.3 Å². The number of carboxylic acid groups (broad SMARTS) is 2. The smallest absolute Gasteiger partial charge is 0.492 e. The Morgan fingerprint density at radius 2 is 1.54 bits per heavy atom. The Morgan fingerprint density at radius 3 is 2.10 bits per heavy atom. The zero-order valence-electron chi connectivity index (χ0n) is 21.0. The Balaban J connectivity index is 0.000000459. The molecule has 2 heterocycles. The summed E-state index contributed by atoms with van der Waals surface area (Å²) in [6.07, 6.45) is -1.52. The first-order valence-electron chi connectivity index (χ1n) is 12.2.